The summed E-state index contributed by atoms with van der Waals surface area (Å²) in [6.07, 6.45) is 1.79. The van der Waals surface area contributed by atoms with E-state index >= 15 is 0 Å². The molecule has 0 N–H and O–H groups in total. The van der Waals surface area contributed by atoms with Gasteiger partial charge in [0, 0.05) is 4.47 Å². The van der Waals surface area contributed by atoms with Crippen LogP contribution in [0.4, 0.5) is 0 Å². The molecule has 1 amide bonds. The fourth-order valence-electron chi connectivity index (χ4n) is 1.34. The number of aliphatic imine (C=N–C) groups is 1. The Hall–Kier alpha value is -1.05. The number of benzene rings is 1. The first kappa shape index (κ1) is 15.3. The number of hydrogen-bond acceptors (Lipinski definition) is 5. The average molecular weight is 372 g/mol. The Kier molecular flexibility index (Phi) is 5.45. The Balaban J connectivity index is 2.01. The molecule has 104 valence electrons. The number of hydrogen-bond donors (Lipinski definition) is 0. The lowest BCUT2D eigenvalue weighted by atomic mass is 10.2. The minimum absolute atomic E-state index is 0.154. The van der Waals surface area contributed by atoms with Crippen LogP contribution in [0, 0.1) is 0 Å². The summed E-state index contributed by atoms with van der Waals surface area (Å²) in [6.45, 7) is 0. The van der Waals surface area contributed by atoms with Crippen LogP contribution in [0.3, 0.4) is 0 Å². The van der Waals surface area contributed by atoms with Crippen molar-refractivity contribution in [2.75, 3.05) is 12.9 Å². The summed E-state index contributed by atoms with van der Waals surface area (Å²) in [5.41, 5.74) is 0.929. The van der Waals surface area contributed by atoms with Gasteiger partial charge in [-0.05, 0) is 23.8 Å². The summed E-state index contributed by atoms with van der Waals surface area (Å²) in [5, 5.41) is 0. The lowest BCUT2D eigenvalue weighted by molar-refractivity contribution is -0.137. The van der Waals surface area contributed by atoms with E-state index < -0.39 is 0 Å². The molecule has 1 aliphatic heterocycles. The van der Waals surface area contributed by atoms with Crippen molar-refractivity contribution in [3.8, 4) is 0 Å². The van der Waals surface area contributed by atoms with Gasteiger partial charge in [0.2, 0.25) is 0 Å². The van der Waals surface area contributed by atoms with E-state index in [1.807, 2.05) is 24.3 Å². The maximum atomic E-state index is 11.8. The summed E-state index contributed by atoms with van der Waals surface area (Å²) in [6, 6.07) is 7.63. The Morgan fingerprint density at radius 1 is 1.45 bits per heavy atom. The number of carbonyl (C=O) groups excluding carboxylic acids is 2. The second kappa shape index (κ2) is 7.10. The predicted molar refractivity (Wildman–Crippen MR) is 86.6 cm³/mol. The van der Waals surface area contributed by atoms with E-state index in [-0.39, 0.29) is 17.6 Å². The van der Waals surface area contributed by atoms with Gasteiger partial charge in [-0.2, -0.15) is 4.99 Å². The molecule has 0 fully saturated rings. The summed E-state index contributed by atoms with van der Waals surface area (Å²) < 4.78 is 6.10. The van der Waals surface area contributed by atoms with E-state index in [0.717, 1.165) is 10.0 Å². The number of rotatable bonds is 3. The van der Waals surface area contributed by atoms with E-state index in [4.69, 9.17) is 0 Å². The third kappa shape index (κ3) is 4.22. The van der Waals surface area contributed by atoms with Crippen molar-refractivity contribution in [3.05, 3.63) is 39.2 Å². The van der Waals surface area contributed by atoms with E-state index in [1.54, 1.807) is 6.08 Å². The van der Waals surface area contributed by atoms with Gasteiger partial charge in [-0.1, -0.05) is 51.6 Å². The molecule has 0 aliphatic carbocycles. The van der Waals surface area contributed by atoms with Crippen LogP contribution in [0.1, 0.15) is 5.56 Å². The number of nitrogens with zero attached hydrogens (tertiary/aromatic N) is 1. The Bertz CT molecular complexity index is 596. The van der Waals surface area contributed by atoms with Gasteiger partial charge in [-0.25, -0.2) is 0 Å². The van der Waals surface area contributed by atoms with E-state index in [9.17, 15) is 9.59 Å². The molecule has 0 spiro atoms. The molecule has 1 aromatic rings. The number of methoxy groups -OCH3 is 1. The standard InChI is InChI=1S/C13H10BrNO3S2/c1-18-11(16)7-19-13-15-12(17)10(20-13)6-8-2-4-9(14)5-3-8/h2-6H,7H2,1H3. The minimum atomic E-state index is -0.337. The normalized spacial score (nSPS) is 16.4. The fraction of sp³-hybridized carbons (Fsp3) is 0.154. The maximum absolute atomic E-state index is 11.8. The van der Waals surface area contributed by atoms with Crippen LogP contribution in [-0.4, -0.2) is 29.1 Å². The maximum Gasteiger partial charge on any atom is 0.316 e. The Labute approximate surface area is 133 Å². The smallest absolute Gasteiger partial charge is 0.316 e. The van der Waals surface area contributed by atoms with E-state index in [1.165, 1.54) is 30.6 Å². The molecule has 1 aliphatic rings. The molecule has 1 heterocycles. The van der Waals surface area contributed by atoms with Crippen LogP contribution in [0.2, 0.25) is 0 Å². The molecule has 0 bridgehead atoms. The zero-order valence-electron chi connectivity index (χ0n) is 10.5. The number of amides is 1. The van der Waals surface area contributed by atoms with Gasteiger partial charge in [-0.3, -0.25) is 9.59 Å². The molecule has 0 radical (unpaired) electrons. The first-order chi connectivity index (χ1) is 9.58. The first-order valence-electron chi connectivity index (χ1n) is 5.56. The van der Waals surface area contributed by atoms with Crippen LogP contribution in [0.5, 0.6) is 0 Å². The number of thioether (sulfide) groups is 2. The molecule has 4 nitrogen and oxygen atoms in total. The van der Waals surface area contributed by atoms with Gasteiger partial charge in [0.1, 0.15) is 4.38 Å². The van der Waals surface area contributed by atoms with Crippen LogP contribution >= 0.6 is 39.5 Å². The number of carbonyl (C=O) groups is 2. The van der Waals surface area contributed by atoms with Gasteiger partial charge in [0.25, 0.3) is 5.91 Å². The highest BCUT2D eigenvalue weighted by molar-refractivity contribution is 9.10. The van der Waals surface area contributed by atoms with Crippen LogP contribution in [0.15, 0.2) is 38.6 Å². The fourth-order valence-corrected chi connectivity index (χ4v) is 3.44. The average Bonchev–Trinajstić information content (AvgIpc) is 2.79. The van der Waals surface area contributed by atoms with E-state index in [2.05, 4.69) is 25.7 Å². The summed E-state index contributed by atoms with van der Waals surface area (Å²) >= 11 is 5.84. The molecule has 20 heavy (non-hydrogen) atoms. The Morgan fingerprint density at radius 2 is 2.15 bits per heavy atom. The molecule has 0 saturated heterocycles. The SMILES string of the molecule is COC(=O)CSC1=NC(=O)C(=Cc2ccc(Br)cc2)S1. The largest absolute Gasteiger partial charge is 0.468 e. The minimum Gasteiger partial charge on any atom is -0.468 e. The number of esters is 1. The van der Waals surface area contributed by atoms with Crippen LogP contribution in [-0.2, 0) is 14.3 Å². The zero-order valence-corrected chi connectivity index (χ0v) is 13.7. The lowest BCUT2D eigenvalue weighted by Gasteiger charge is -1.98. The van der Waals surface area contributed by atoms with Gasteiger partial charge in [0.05, 0.1) is 17.8 Å². The summed E-state index contributed by atoms with van der Waals surface area (Å²) in [5.74, 6) is -0.456. The van der Waals surface area contributed by atoms with Gasteiger partial charge in [0.15, 0.2) is 0 Å². The first-order valence-corrected chi connectivity index (χ1v) is 8.16. The monoisotopic (exact) mass is 371 g/mol. The zero-order chi connectivity index (χ0) is 14.5. The third-order valence-electron chi connectivity index (χ3n) is 2.31. The van der Waals surface area contributed by atoms with Crippen molar-refractivity contribution in [2.24, 2.45) is 4.99 Å². The van der Waals surface area contributed by atoms with Crippen molar-refractivity contribution < 1.29 is 14.3 Å². The quantitative estimate of drug-likeness (QED) is 0.602. The van der Waals surface area contributed by atoms with Crippen LogP contribution < -0.4 is 0 Å². The highest BCUT2D eigenvalue weighted by Gasteiger charge is 2.22. The number of halogens is 1. The van der Waals surface area contributed by atoms with Gasteiger partial charge in [-0.15, -0.1) is 0 Å². The molecule has 0 saturated carbocycles. The van der Waals surface area contributed by atoms with Crippen molar-refractivity contribution >= 4 is 61.8 Å². The van der Waals surface area contributed by atoms with Crippen LogP contribution in [0.25, 0.3) is 6.08 Å². The molecule has 2 rings (SSSR count). The molecule has 7 heteroatoms. The molecular formula is C13H10BrNO3S2. The molecule has 1 aromatic carbocycles. The molecule has 0 aromatic heterocycles. The highest BCUT2D eigenvalue weighted by Crippen LogP contribution is 2.33. The second-order valence-corrected chi connectivity index (χ2v) is 6.88. The van der Waals surface area contributed by atoms with Crippen molar-refractivity contribution in [1.29, 1.82) is 0 Å². The highest BCUT2D eigenvalue weighted by atomic mass is 79.9. The van der Waals surface area contributed by atoms with Crippen molar-refractivity contribution in [1.82, 2.24) is 0 Å². The van der Waals surface area contributed by atoms with Gasteiger partial charge >= 0.3 is 5.97 Å². The van der Waals surface area contributed by atoms with Crippen molar-refractivity contribution in [3.63, 3.8) is 0 Å². The molecular weight excluding hydrogens is 362 g/mol. The molecule has 0 atom stereocenters. The third-order valence-corrected chi connectivity index (χ3v) is 4.94. The second-order valence-electron chi connectivity index (χ2n) is 3.71. The van der Waals surface area contributed by atoms with E-state index in [0.29, 0.717) is 9.28 Å². The Morgan fingerprint density at radius 3 is 2.80 bits per heavy atom. The predicted octanol–water partition coefficient (Wildman–Crippen LogP) is 3.33. The lowest BCUT2D eigenvalue weighted by Crippen LogP contribution is -2.04. The molecule has 0 unspecified atom stereocenters. The topological polar surface area (TPSA) is 55.7 Å². The summed E-state index contributed by atoms with van der Waals surface area (Å²) in [7, 11) is 1.33. The van der Waals surface area contributed by atoms with Gasteiger partial charge < -0.3 is 4.74 Å². The van der Waals surface area contributed by atoms with Crippen molar-refractivity contribution in [2.45, 2.75) is 0 Å². The summed E-state index contributed by atoms with van der Waals surface area (Å²) in [4.78, 5) is 27.3. The number of ether oxygens (including phenoxy) is 1.